The normalized spacial score (nSPS) is 9.73. The van der Waals surface area contributed by atoms with Gasteiger partial charge in [0, 0.05) is 25.9 Å². The summed E-state index contributed by atoms with van der Waals surface area (Å²) in [6.07, 6.45) is 1.66. The molecule has 1 N–H and O–H groups in total. The number of aromatic amines is 1. The Morgan fingerprint density at radius 1 is 1.55 bits per heavy atom. The zero-order valence-corrected chi connectivity index (χ0v) is 6.88. The van der Waals surface area contributed by atoms with Crippen LogP contribution in [-0.4, -0.2) is 24.1 Å². The standard InChI is InChI=1S/C7H11N3O/c1-5-4-8-7(11)9-6(5)10(2)3/h4H,1-3H3,(H,8,9,11). The lowest BCUT2D eigenvalue weighted by Crippen LogP contribution is -2.19. The van der Waals surface area contributed by atoms with Gasteiger partial charge in [0.25, 0.3) is 0 Å². The molecule has 0 amide bonds. The number of aromatic nitrogens is 2. The molecular weight excluding hydrogens is 142 g/mol. The van der Waals surface area contributed by atoms with E-state index in [2.05, 4.69) is 9.97 Å². The second-order valence-electron chi connectivity index (χ2n) is 2.61. The number of aryl methyl sites for hydroxylation is 1. The molecule has 0 saturated carbocycles. The minimum absolute atomic E-state index is 0.306. The fraction of sp³-hybridized carbons (Fsp3) is 0.429. The maximum Gasteiger partial charge on any atom is 0.346 e. The lowest BCUT2D eigenvalue weighted by Gasteiger charge is -2.11. The summed E-state index contributed by atoms with van der Waals surface area (Å²) in [5, 5.41) is 0. The van der Waals surface area contributed by atoms with Gasteiger partial charge >= 0.3 is 5.69 Å². The number of nitrogens with one attached hydrogen (secondary N) is 1. The van der Waals surface area contributed by atoms with Crippen molar-refractivity contribution < 1.29 is 0 Å². The van der Waals surface area contributed by atoms with Crippen LogP contribution in [-0.2, 0) is 0 Å². The molecule has 0 aliphatic heterocycles. The highest BCUT2D eigenvalue weighted by molar-refractivity contribution is 5.42. The molecule has 0 spiro atoms. The van der Waals surface area contributed by atoms with E-state index in [9.17, 15) is 4.79 Å². The maximum absolute atomic E-state index is 10.8. The zero-order chi connectivity index (χ0) is 8.43. The highest BCUT2D eigenvalue weighted by Crippen LogP contribution is 2.08. The van der Waals surface area contributed by atoms with E-state index < -0.39 is 0 Å². The monoisotopic (exact) mass is 153 g/mol. The molecule has 0 unspecified atom stereocenters. The molecule has 0 atom stereocenters. The lowest BCUT2D eigenvalue weighted by atomic mass is 10.3. The third-order valence-corrected chi connectivity index (χ3v) is 1.40. The molecule has 0 aliphatic rings. The summed E-state index contributed by atoms with van der Waals surface area (Å²) in [6, 6.07) is 0. The SMILES string of the molecule is Cc1c[nH]c(=O)nc1N(C)C. The number of rotatable bonds is 1. The Balaban J connectivity index is 3.23. The van der Waals surface area contributed by atoms with Gasteiger partial charge in [-0.05, 0) is 6.92 Å². The van der Waals surface area contributed by atoms with Crippen LogP contribution >= 0.6 is 0 Å². The molecule has 11 heavy (non-hydrogen) atoms. The zero-order valence-electron chi connectivity index (χ0n) is 6.88. The van der Waals surface area contributed by atoms with Crippen LogP contribution in [0.25, 0.3) is 0 Å². The summed E-state index contributed by atoms with van der Waals surface area (Å²) in [6.45, 7) is 1.90. The van der Waals surface area contributed by atoms with Gasteiger partial charge in [-0.15, -0.1) is 0 Å². The molecule has 1 rings (SSSR count). The largest absolute Gasteiger partial charge is 0.362 e. The van der Waals surface area contributed by atoms with Crippen molar-refractivity contribution in [3.63, 3.8) is 0 Å². The first kappa shape index (κ1) is 7.78. The van der Waals surface area contributed by atoms with Crippen LogP contribution in [0, 0.1) is 6.92 Å². The predicted molar refractivity (Wildman–Crippen MR) is 43.9 cm³/mol. The van der Waals surface area contributed by atoms with Crippen LogP contribution < -0.4 is 10.6 Å². The van der Waals surface area contributed by atoms with Gasteiger partial charge in [-0.2, -0.15) is 4.98 Å². The Labute approximate surface area is 64.9 Å². The summed E-state index contributed by atoms with van der Waals surface area (Å²) < 4.78 is 0. The minimum atomic E-state index is -0.306. The molecule has 0 aromatic carbocycles. The second-order valence-corrected chi connectivity index (χ2v) is 2.61. The molecule has 1 heterocycles. The van der Waals surface area contributed by atoms with E-state index in [0.29, 0.717) is 5.82 Å². The molecule has 0 radical (unpaired) electrons. The molecular formula is C7H11N3O. The molecule has 60 valence electrons. The third kappa shape index (κ3) is 1.58. The summed E-state index contributed by atoms with van der Waals surface area (Å²) >= 11 is 0. The van der Waals surface area contributed by atoms with E-state index in [0.717, 1.165) is 5.56 Å². The molecule has 0 bridgehead atoms. The van der Waals surface area contributed by atoms with Crippen LogP contribution in [0.2, 0.25) is 0 Å². The minimum Gasteiger partial charge on any atom is -0.362 e. The number of hydrogen-bond acceptors (Lipinski definition) is 3. The van der Waals surface area contributed by atoms with E-state index in [-0.39, 0.29) is 5.69 Å². The van der Waals surface area contributed by atoms with Crippen molar-refractivity contribution in [2.45, 2.75) is 6.92 Å². The van der Waals surface area contributed by atoms with Crippen LogP contribution in [0.15, 0.2) is 11.0 Å². The van der Waals surface area contributed by atoms with Crippen LogP contribution in [0.3, 0.4) is 0 Å². The first-order valence-electron chi connectivity index (χ1n) is 3.35. The predicted octanol–water partition coefficient (Wildman–Crippen LogP) is 0.144. The molecule has 0 aliphatic carbocycles. The van der Waals surface area contributed by atoms with Gasteiger partial charge in [0.05, 0.1) is 0 Å². The second kappa shape index (κ2) is 2.74. The Kier molecular flexibility index (Phi) is 1.94. The van der Waals surface area contributed by atoms with Crippen molar-refractivity contribution in [2.24, 2.45) is 0 Å². The van der Waals surface area contributed by atoms with E-state index in [4.69, 9.17) is 0 Å². The van der Waals surface area contributed by atoms with Gasteiger partial charge in [-0.1, -0.05) is 0 Å². The van der Waals surface area contributed by atoms with Crippen molar-refractivity contribution in [3.05, 3.63) is 22.2 Å². The number of hydrogen-bond donors (Lipinski definition) is 1. The Bertz CT molecular complexity index is 303. The summed E-state index contributed by atoms with van der Waals surface area (Å²) in [7, 11) is 3.71. The highest BCUT2D eigenvalue weighted by Gasteiger charge is 2.01. The Hall–Kier alpha value is -1.32. The van der Waals surface area contributed by atoms with Crippen LogP contribution in [0.1, 0.15) is 5.56 Å². The van der Waals surface area contributed by atoms with Crippen molar-refractivity contribution in [3.8, 4) is 0 Å². The van der Waals surface area contributed by atoms with Crippen LogP contribution in [0.5, 0.6) is 0 Å². The number of nitrogens with zero attached hydrogens (tertiary/aromatic N) is 2. The number of anilines is 1. The molecule has 4 heteroatoms. The molecule has 4 nitrogen and oxygen atoms in total. The fourth-order valence-electron chi connectivity index (χ4n) is 0.904. The van der Waals surface area contributed by atoms with E-state index >= 15 is 0 Å². The van der Waals surface area contributed by atoms with Crippen molar-refractivity contribution >= 4 is 5.82 Å². The molecule has 1 aromatic rings. The summed E-state index contributed by atoms with van der Waals surface area (Å²) in [5.41, 5.74) is 0.661. The van der Waals surface area contributed by atoms with Crippen molar-refractivity contribution in [1.82, 2.24) is 9.97 Å². The summed E-state index contributed by atoms with van der Waals surface area (Å²) in [4.78, 5) is 18.9. The smallest absolute Gasteiger partial charge is 0.346 e. The summed E-state index contributed by atoms with van der Waals surface area (Å²) in [5.74, 6) is 0.716. The fourth-order valence-corrected chi connectivity index (χ4v) is 0.904. The van der Waals surface area contributed by atoms with Gasteiger partial charge in [-0.25, -0.2) is 4.79 Å². The van der Waals surface area contributed by atoms with Gasteiger partial charge < -0.3 is 9.88 Å². The van der Waals surface area contributed by atoms with E-state index in [1.54, 1.807) is 6.20 Å². The van der Waals surface area contributed by atoms with Gasteiger partial charge in [0.1, 0.15) is 5.82 Å². The maximum atomic E-state index is 10.8. The van der Waals surface area contributed by atoms with Gasteiger partial charge in [-0.3, -0.25) is 0 Å². The van der Waals surface area contributed by atoms with Gasteiger partial charge in [0.15, 0.2) is 0 Å². The van der Waals surface area contributed by atoms with E-state index in [1.807, 2.05) is 25.9 Å². The molecule has 1 aromatic heterocycles. The van der Waals surface area contributed by atoms with Crippen molar-refractivity contribution in [1.29, 1.82) is 0 Å². The molecule has 0 saturated heterocycles. The topological polar surface area (TPSA) is 49.0 Å². The van der Waals surface area contributed by atoms with Crippen molar-refractivity contribution in [2.75, 3.05) is 19.0 Å². The highest BCUT2D eigenvalue weighted by atomic mass is 16.1. The van der Waals surface area contributed by atoms with E-state index in [1.165, 1.54) is 0 Å². The quantitative estimate of drug-likeness (QED) is 0.624. The molecule has 0 fully saturated rings. The van der Waals surface area contributed by atoms with Crippen LogP contribution in [0.4, 0.5) is 5.82 Å². The third-order valence-electron chi connectivity index (χ3n) is 1.40. The van der Waals surface area contributed by atoms with Gasteiger partial charge in [0.2, 0.25) is 0 Å². The Morgan fingerprint density at radius 2 is 2.18 bits per heavy atom. The first-order valence-corrected chi connectivity index (χ1v) is 3.35. The number of H-pyrrole nitrogens is 1. The lowest BCUT2D eigenvalue weighted by molar-refractivity contribution is 0.976. The average Bonchev–Trinajstić information content (AvgIpc) is 1.94. The Morgan fingerprint density at radius 3 is 2.64 bits per heavy atom. The first-order chi connectivity index (χ1) is 5.11. The average molecular weight is 153 g/mol.